The average Bonchev–Trinajstić information content (AvgIpc) is 2.98. The summed E-state index contributed by atoms with van der Waals surface area (Å²) in [6, 6.07) is 21.4. The average molecular weight is 584 g/mol. The fourth-order valence-electron chi connectivity index (χ4n) is 4.51. The molecule has 3 rings (SSSR count). The lowest BCUT2D eigenvalue weighted by Gasteiger charge is -2.34. The SMILES string of the molecule is C#Cc1ccc(C(C(=O)Nc2ccc(OC)cc2)N(CCCC)C(=O)C(Cc2ccccc2)NC(=O)OC(C)(C)C)cc1. The van der Waals surface area contributed by atoms with Crippen molar-refractivity contribution in [3.63, 3.8) is 0 Å². The number of carbonyl (C=O) groups excluding carboxylic acids is 3. The second kappa shape index (κ2) is 15.5. The van der Waals surface area contributed by atoms with Crippen LogP contribution in [0.5, 0.6) is 5.75 Å². The van der Waals surface area contributed by atoms with Gasteiger partial charge in [-0.25, -0.2) is 4.79 Å². The Hall–Kier alpha value is -4.77. The summed E-state index contributed by atoms with van der Waals surface area (Å²) in [5.41, 5.74) is 1.88. The van der Waals surface area contributed by atoms with Crippen LogP contribution in [0.15, 0.2) is 78.9 Å². The van der Waals surface area contributed by atoms with E-state index in [1.165, 1.54) is 4.90 Å². The number of amides is 3. The highest BCUT2D eigenvalue weighted by Gasteiger charge is 2.36. The van der Waals surface area contributed by atoms with Crippen LogP contribution in [-0.2, 0) is 20.7 Å². The third kappa shape index (κ3) is 9.93. The van der Waals surface area contributed by atoms with E-state index in [4.69, 9.17) is 15.9 Å². The summed E-state index contributed by atoms with van der Waals surface area (Å²) in [6.07, 6.45) is 6.51. The van der Waals surface area contributed by atoms with Crippen molar-refractivity contribution in [1.82, 2.24) is 10.2 Å². The summed E-state index contributed by atoms with van der Waals surface area (Å²) >= 11 is 0. The molecule has 0 spiro atoms. The molecule has 0 aromatic heterocycles. The van der Waals surface area contributed by atoms with Crippen LogP contribution in [0.2, 0.25) is 0 Å². The van der Waals surface area contributed by atoms with Gasteiger partial charge >= 0.3 is 6.09 Å². The molecule has 2 N–H and O–H groups in total. The number of terminal acetylenes is 1. The highest BCUT2D eigenvalue weighted by molar-refractivity contribution is 5.99. The minimum absolute atomic E-state index is 0.213. The summed E-state index contributed by atoms with van der Waals surface area (Å²) < 4.78 is 10.7. The Kier molecular flexibility index (Phi) is 11.8. The van der Waals surface area contributed by atoms with E-state index in [1.54, 1.807) is 76.4 Å². The number of hydrogen-bond acceptors (Lipinski definition) is 5. The van der Waals surface area contributed by atoms with Gasteiger partial charge in [-0.05, 0) is 74.7 Å². The number of ether oxygens (including phenoxy) is 2. The minimum atomic E-state index is -1.01. The summed E-state index contributed by atoms with van der Waals surface area (Å²) in [6.45, 7) is 7.57. The van der Waals surface area contributed by atoms with Crippen molar-refractivity contribution < 1.29 is 23.9 Å². The molecule has 2 atom stereocenters. The number of rotatable bonds is 12. The number of hydrogen-bond donors (Lipinski definition) is 2. The zero-order chi connectivity index (χ0) is 31.4. The molecule has 0 aliphatic heterocycles. The van der Waals surface area contributed by atoms with Gasteiger partial charge in [0.1, 0.15) is 23.4 Å². The molecular formula is C35H41N3O5. The Morgan fingerprint density at radius 2 is 1.60 bits per heavy atom. The van der Waals surface area contributed by atoms with Gasteiger partial charge in [0, 0.05) is 24.2 Å². The smallest absolute Gasteiger partial charge is 0.408 e. The van der Waals surface area contributed by atoms with Gasteiger partial charge in [0.15, 0.2) is 0 Å². The van der Waals surface area contributed by atoms with Gasteiger partial charge < -0.3 is 25.0 Å². The van der Waals surface area contributed by atoms with Gasteiger partial charge in [-0.1, -0.05) is 61.7 Å². The fraction of sp³-hybridized carbons (Fsp3) is 0.343. The van der Waals surface area contributed by atoms with Gasteiger partial charge in [0.2, 0.25) is 5.91 Å². The summed E-state index contributed by atoms with van der Waals surface area (Å²) in [4.78, 5) is 43.0. The molecule has 3 aromatic carbocycles. The highest BCUT2D eigenvalue weighted by atomic mass is 16.6. The zero-order valence-corrected chi connectivity index (χ0v) is 25.6. The van der Waals surface area contributed by atoms with Gasteiger partial charge in [-0.15, -0.1) is 6.42 Å². The van der Waals surface area contributed by atoms with E-state index in [0.717, 1.165) is 12.0 Å². The number of nitrogens with one attached hydrogen (secondary N) is 2. The van der Waals surface area contributed by atoms with E-state index in [-0.39, 0.29) is 13.0 Å². The standard InChI is InChI=1S/C35H41N3O5/c1-7-9-23-38(33(40)30(24-26-13-11-10-12-14-26)37-34(41)43-35(3,4)5)31(27-17-15-25(8-2)16-18-27)32(39)36-28-19-21-29(42-6)22-20-28/h2,10-22,30-31H,7,9,23-24H2,1,3-6H3,(H,36,39)(H,37,41). The lowest BCUT2D eigenvalue weighted by atomic mass is 9.99. The monoisotopic (exact) mass is 583 g/mol. The summed E-state index contributed by atoms with van der Waals surface area (Å²) in [7, 11) is 1.57. The molecule has 226 valence electrons. The number of carbonyl (C=O) groups is 3. The minimum Gasteiger partial charge on any atom is -0.497 e. The van der Waals surface area contributed by atoms with Crippen LogP contribution in [-0.4, -0.2) is 48.1 Å². The van der Waals surface area contributed by atoms with Gasteiger partial charge in [-0.2, -0.15) is 0 Å². The van der Waals surface area contributed by atoms with E-state index in [0.29, 0.717) is 29.0 Å². The molecule has 3 aromatic rings. The molecule has 43 heavy (non-hydrogen) atoms. The molecule has 2 unspecified atom stereocenters. The fourth-order valence-corrected chi connectivity index (χ4v) is 4.51. The predicted octanol–water partition coefficient (Wildman–Crippen LogP) is 6.12. The Balaban J connectivity index is 2.05. The third-order valence-corrected chi connectivity index (χ3v) is 6.62. The summed E-state index contributed by atoms with van der Waals surface area (Å²) in [5.74, 6) is 2.43. The maximum absolute atomic E-state index is 14.5. The van der Waals surface area contributed by atoms with Gasteiger partial charge in [0.05, 0.1) is 7.11 Å². The second-order valence-electron chi connectivity index (χ2n) is 11.2. The molecule has 0 saturated carbocycles. The number of anilines is 1. The first kappa shape index (κ1) is 32.7. The van der Waals surface area contributed by atoms with Crippen LogP contribution in [0.25, 0.3) is 0 Å². The molecule has 8 heteroatoms. The lowest BCUT2D eigenvalue weighted by Crippen LogP contribution is -2.53. The first-order valence-electron chi connectivity index (χ1n) is 14.4. The Morgan fingerprint density at radius 3 is 2.16 bits per heavy atom. The van der Waals surface area contributed by atoms with Crippen LogP contribution in [0.3, 0.4) is 0 Å². The number of unbranched alkanes of at least 4 members (excludes halogenated alkanes) is 1. The quantitative estimate of drug-likeness (QED) is 0.251. The van der Waals surface area contributed by atoms with E-state index in [1.807, 2.05) is 37.3 Å². The molecule has 0 saturated heterocycles. The number of methoxy groups -OCH3 is 1. The van der Waals surface area contributed by atoms with Crippen molar-refractivity contribution >= 4 is 23.6 Å². The number of nitrogens with zero attached hydrogens (tertiary/aromatic N) is 1. The van der Waals surface area contributed by atoms with Crippen LogP contribution in [0.1, 0.15) is 63.3 Å². The predicted molar refractivity (Wildman–Crippen MR) is 169 cm³/mol. The Morgan fingerprint density at radius 1 is 0.953 bits per heavy atom. The molecule has 3 amide bonds. The van der Waals surface area contributed by atoms with Crippen molar-refractivity contribution in [2.75, 3.05) is 19.0 Å². The van der Waals surface area contributed by atoms with E-state index >= 15 is 0 Å². The largest absolute Gasteiger partial charge is 0.497 e. The molecule has 0 radical (unpaired) electrons. The van der Waals surface area contributed by atoms with E-state index < -0.39 is 35.6 Å². The van der Waals surface area contributed by atoms with Crippen LogP contribution in [0, 0.1) is 12.3 Å². The molecular weight excluding hydrogens is 542 g/mol. The van der Waals surface area contributed by atoms with Gasteiger partial charge in [0.25, 0.3) is 5.91 Å². The molecule has 0 aliphatic carbocycles. The van der Waals surface area contributed by atoms with Crippen molar-refractivity contribution in [2.24, 2.45) is 0 Å². The summed E-state index contributed by atoms with van der Waals surface area (Å²) in [5, 5.41) is 5.73. The number of alkyl carbamates (subject to hydrolysis) is 1. The van der Waals surface area contributed by atoms with Crippen molar-refractivity contribution in [3.05, 3.63) is 95.6 Å². The van der Waals surface area contributed by atoms with Crippen LogP contribution >= 0.6 is 0 Å². The van der Waals surface area contributed by atoms with E-state index in [2.05, 4.69) is 16.6 Å². The Labute approximate surface area is 254 Å². The van der Waals surface area contributed by atoms with Crippen molar-refractivity contribution in [3.8, 4) is 18.1 Å². The highest BCUT2D eigenvalue weighted by Crippen LogP contribution is 2.27. The van der Waals surface area contributed by atoms with Crippen LogP contribution < -0.4 is 15.4 Å². The van der Waals surface area contributed by atoms with Gasteiger partial charge in [-0.3, -0.25) is 9.59 Å². The van der Waals surface area contributed by atoms with E-state index in [9.17, 15) is 14.4 Å². The topological polar surface area (TPSA) is 97.0 Å². The van der Waals surface area contributed by atoms with Crippen molar-refractivity contribution in [1.29, 1.82) is 0 Å². The molecule has 0 bridgehead atoms. The normalized spacial score (nSPS) is 12.3. The Bertz CT molecular complexity index is 1390. The maximum Gasteiger partial charge on any atom is 0.408 e. The zero-order valence-electron chi connectivity index (χ0n) is 25.6. The molecule has 0 fully saturated rings. The molecule has 0 heterocycles. The van der Waals surface area contributed by atoms with Crippen molar-refractivity contribution in [2.45, 2.75) is 64.6 Å². The second-order valence-corrected chi connectivity index (χ2v) is 11.2. The molecule has 8 nitrogen and oxygen atoms in total. The first-order chi connectivity index (χ1) is 20.5. The first-order valence-corrected chi connectivity index (χ1v) is 14.4. The van der Waals surface area contributed by atoms with Crippen LogP contribution in [0.4, 0.5) is 10.5 Å². The molecule has 0 aliphatic rings. The lowest BCUT2D eigenvalue weighted by molar-refractivity contribution is -0.140. The third-order valence-electron chi connectivity index (χ3n) is 6.62. The maximum atomic E-state index is 14.5. The number of benzene rings is 3.